The molecule has 0 aromatic carbocycles. The first-order chi connectivity index (χ1) is 9.76. The van der Waals surface area contributed by atoms with Crippen LogP contribution in [0.4, 0.5) is 11.8 Å². The molecule has 3 heterocycles. The maximum Gasteiger partial charge on any atom is 0.223 e. The molecule has 0 atom stereocenters. The average molecular weight is 288 g/mol. The Bertz CT molecular complexity index is 703. The number of nitrogens with one attached hydrogen (secondary N) is 1. The zero-order valence-electron chi connectivity index (χ0n) is 11.2. The molecule has 6 nitrogen and oxygen atoms in total. The van der Waals surface area contributed by atoms with Gasteiger partial charge in [0, 0.05) is 30.4 Å². The van der Waals surface area contributed by atoms with Crippen LogP contribution in [0.5, 0.6) is 0 Å². The fourth-order valence-electron chi connectivity index (χ4n) is 2.02. The molecule has 0 unspecified atom stereocenters. The second kappa shape index (κ2) is 5.46. The first-order valence-corrected chi connectivity index (χ1v) is 7.33. The third-order valence-electron chi connectivity index (χ3n) is 3.03. The monoisotopic (exact) mass is 288 g/mol. The number of thiophene rings is 1. The van der Waals surface area contributed by atoms with Gasteiger partial charge >= 0.3 is 0 Å². The van der Waals surface area contributed by atoms with Gasteiger partial charge in [-0.25, -0.2) is 9.97 Å². The Hall–Kier alpha value is -2.15. The highest BCUT2D eigenvalue weighted by molar-refractivity contribution is 7.18. The van der Waals surface area contributed by atoms with Crippen molar-refractivity contribution >= 4 is 33.3 Å². The quantitative estimate of drug-likeness (QED) is 0.751. The standard InChI is InChI=1S/C13H16N6S/c1-2-9-7-10-11(17-13(14)18-12(10)20-9)16-4-6-19-5-3-15-8-19/h3,5,7-8H,2,4,6H2,1H3,(H3,14,16,17,18). The van der Waals surface area contributed by atoms with E-state index in [9.17, 15) is 0 Å². The molecule has 104 valence electrons. The highest BCUT2D eigenvalue weighted by Gasteiger charge is 2.09. The van der Waals surface area contributed by atoms with Gasteiger partial charge < -0.3 is 15.6 Å². The molecule has 0 amide bonds. The number of aromatic nitrogens is 4. The normalized spacial score (nSPS) is 11.1. The van der Waals surface area contributed by atoms with E-state index < -0.39 is 0 Å². The minimum atomic E-state index is 0.312. The van der Waals surface area contributed by atoms with Crippen LogP contribution in [0.2, 0.25) is 0 Å². The van der Waals surface area contributed by atoms with Gasteiger partial charge in [-0.1, -0.05) is 6.92 Å². The lowest BCUT2D eigenvalue weighted by molar-refractivity contribution is 0.726. The molecule has 3 aromatic rings. The Morgan fingerprint density at radius 2 is 2.30 bits per heavy atom. The summed E-state index contributed by atoms with van der Waals surface area (Å²) in [6.45, 7) is 3.73. The Morgan fingerprint density at radius 1 is 1.40 bits per heavy atom. The van der Waals surface area contributed by atoms with Crippen LogP contribution in [-0.2, 0) is 13.0 Å². The molecule has 3 aromatic heterocycles. The summed E-state index contributed by atoms with van der Waals surface area (Å²) in [6, 6.07) is 2.14. The number of aryl methyl sites for hydroxylation is 1. The Kier molecular flexibility index (Phi) is 3.51. The first kappa shape index (κ1) is 12.9. The molecule has 0 aliphatic heterocycles. The van der Waals surface area contributed by atoms with Crippen LogP contribution in [0, 0.1) is 0 Å². The molecule has 7 heteroatoms. The summed E-state index contributed by atoms with van der Waals surface area (Å²) in [7, 11) is 0. The molecule has 0 aliphatic carbocycles. The van der Waals surface area contributed by atoms with E-state index in [0.717, 1.165) is 35.5 Å². The third kappa shape index (κ3) is 2.57. The van der Waals surface area contributed by atoms with Gasteiger partial charge in [-0.2, -0.15) is 4.98 Å². The van der Waals surface area contributed by atoms with Crippen LogP contribution in [0.3, 0.4) is 0 Å². The number of hydrogen-bond donors (Lipinski definition) is 2. The summed E-state index contributed by atoms with van der Waals surface area (Å²) >= 11 is 1.67. The number of nitrogen functional groups attached to an aromatic ring is 1. The van der Waals surface area contributed by atoms with Crippen LogP contribution >= 0.6 is 11.3 Å². The summed E-state index contributed by atoms with van der Waals surface area (Å²) in [5.74, 6) is 1.12. The van der Waals surface area contributed by atoms with Gasteiger partial charge in [0.1, 0.15) is 10.6 Å². The van der Waals surface area contributed by atoms with Gasteiger partial charge in [0.25, 0.3) is 0 Å². The number of rotatable bonds is 5. The van der Waals surface area contributed by atoms with Gasteiger partial charge in [0.15, 0.2) is 0 Å². The van der Waals surface area contributed by atoms with Crippen LogP contribution in [-0.4, -0.2) is 26.1 Å². The number of nitrogens with zero attached hydrogens (tertiary/aromatic N) is 4. The molecule has 3 N–H and O–H groups in total. The van der Waals surface area contributed by atoms with Crippen molar-refractivity contribution in [3.05, 3.63) is 29.7 Å². The number of nitrogens with two attached hydrogens (primary N) is 1. The first-order valence-electron chi connectivity index (χ1n) is 6.52. The largest absolute Gasteiger partial charge is 0.368 e. The maximum atomic E-state index is 5.77. The fraction of sp³-hybridized carbons (Fsp3) is 0.308. The van der Waals surface area contributed by atoms with Crippen molar-refractivity contribution in [1.82, 2.24) is 19.5 Å². The molecule has 3 rings (SSSR count). The lowest BCUT2D eigenvalue weighted by Gasteiger charge is -2.07. The second-order valence-electron chi connectivity index (χ2n) is 4.44. The lowest BCUT2D eigenvalue weighted by Crippen LogP contribution is -2.11. The van der Waals surface area contributed by atoms with Crippen LogP contribution < -0.4 is 11.1 Å². The summed E-state index contributed by atoms with van der Waals surface area (Å²) < 4.78 is 2.01. The molecule has 0 radical (unpaired) electrons. The van der Waals surface area contributed by atoms with E-state index in [4.69, 9.17) is 5.73 Å². The summed E-state index contributed by atoms with van der Waals surface area (Å²) in [5, 5.41) is 4.38. The molecular weight excluding hydrogens is 272 g/mol. The smallest absolute Gasteiger partial charge is 0.223 e. The predicted octanol–water partition coefficient (Wildman–Crippen LogP) is 2.14. The highest BCUT2D eigenvalue weighted by Crippen LogP contribution is 2.29. The molecular formula is C13H16N6S. The van der Waals surface area contributed by atoms with E-state index >= 15 is 0 Å². The SMILES string of the molecule is CCc1cc2c(NCCn3ccnc3)nc(N)nc2s1. The highest BCUT2D eigenvalue weighted by atomic mass is 32.1. The number of imidazole rings is 1. The van der Waals surface area contributed by atoms with E-state index in [0.29, 0.717) is 5.95 Å². The van der Waals surface area contributed by atoms with Crippen molar-refractivity contribution in [1.29, 1.82) is 0 Å². The van der Waals surface area contributed by atoms with E-state index in [1.165, 1.54) is 4.88 Å². The minimum Gasteiger partial charge on any atom is -0.368 e. The Balaban J connectivity index is 1.80. The number of fused-ring (bicyclic) bond motifs is 1. The molecule has 0 bridgehead atoms. The van der Waals surface area contributed by atoms with Crippen molar-refractivity contribution in [3.63, 3.8) is 0 Å². The second-order valence-corrected chi connectivity index (χ2v) is 5.56. The molecule has 0 fully saturated rings. The van der Waals surface area contributed by atoms with Crippen molar-refractivity contribution in [2.45, 2.75) is 19.9 Å². The zero-order chi connectivity index (χ0) is 13.9. The predicted molar refractivity (Wildman–Crippen MR) is 81.9 cm³/mol. The van der Waals surface area contributed by atoms with E-state index in [1.54, 1.807) is 23.9 Å². The van der Waals surface area contributed by atoms with E-state index in [-0.39, 0.29) is 0 Å². The summed E-state index contributed by atoms with van der Waals surface area (Å²) in [6.07, 6.45) is 6.50. The summed E-state index contributed by atoms with van der Waals surface area (Å²) in [4.78, 5) is 14.8. The Morgan fingerprint density at radius 3 is 3.05 bits per heavy atom. The molecule has 0 saturated carbocycles. The number of anilines is 2. The zero-order valence-corrected chi connectivity index (χ0v) is 12.0. The summed E-state index contributed by atoms with van der Waals surface area (Å²) in [5.41, 5.74) is 5.77. The van der Waals surface area contributed by atoms with E-state index in [2.05, 4.69) is 33.3 Å². The maximum absolute atomic E-state index is 5.77. The number of hydrogen-bond acceptors (Lipinski definition) is 6. The minimum absolute atomic E-state index is 0.312. The van der Waals surface area contributed by atoms with Crippen LogP contribution in [0.15, 0.2) is 24.8 Å². The van der Waals surface area contributed by atoms with Gasteiger partial charge in [0.05, 0.1) is 11.7 Å². The van der Waals surface area contributed by atoms with Gasteiger partial charge in [0.2, 0.25) is 5.95 Å². The van der Waals surface area contributed by atoms with Crippen molar-refractivity contribution in [3.8, 4) is 0 Å². The van der Waals surface area contributed by atoms with Crippen LogP contribution in [0.1, 0.15) is 11.8 Å². The molecule has 0 saturated heterocycles. The fourth-order valence-corrected chi connectivity index (χ4v) is 2.99. The van der Waals surface area contributed by atoms with Crippen molar-refractivity contribution in [2.75, 3.05) is 17.6 Å². The molecule has 20 heavy (non-hydrogen) atoms. The average Bonchev–Trinajstić information content (AvgIpc) is 3.06. The molecule has 0 aliphatic rings. The molecule has 0 spiro atoms. The van der Waals surface area contributed by atoms with Gasteiger partial charge in [-0.05, 0) is 12.5 Å². The van der Waals surface area contributed by atoms with Gasteiger partial charge in [-0.3, -0.25) is 0 Å². The van der Waals surface area contributed by atoms with Crippen LogP contribution in [0.25, 0.3) is 10.2 Å². The van der Waals surface area contributed by atoms with E-state index in [1.807, 2.05) is 10.8 Å². The van der Waals surface area contributed by atoms with Crippen molar-refractivity contribution < 1.29 is 0 Å². The van der Waals surface area contributed by atoms with Gasteiger partial charge in [-0.15, -0.1) is 11.3 Å². The Labute approximate surface area is 120 Å². The third-order valence-corrected chi connectivity index (χ3v) is 4.20. The van der Waals surface area contributed by atoms with Crippen molar-refractivity contribution in [2.24, 2.45) is 0 Å². The lowest BCUT2D eigenvalue weighted by atomic mass is 10.3. The topological polar surface area (TPSA) is 81.7 Å².